The number of carbonyl (C=O) groups excluding carboxylic acids is 2. The van der Waals surface area contributed by atoms with Crippen molar-refractivity contribution in [2.24, 2.45) is 5.41 Å². The van der Waals surface area contributed by atoms with E-state index in [0.717, 1.165) is 58.2 Å². The number of ether oxygens (including phenoxy) is 2. The molecule has 2 amide bonds. The van der Waals surface area contributed by atoms with E-state index in [1.165, 1.54) is 0 Å². The highest BCUT2D eigenvalue weighted by atomic mass is 35.5. The van der Waals surface area contributed by atoms with Crippen LogP contribution in [0.3, 0.4) is 0 Å². The molecule has 2 saturated heterocycles. The van der Waals surface area contributed by atoms with E-state index in [1.807, 2.05) is 4.90 Å². The number of amides is 2. The zero-order chi connectivity index (χ0) is 22.4. The third-order valence-corrected chi connectivity index (χ3v) is 7.13. The molecular formula is C24H34ClN3O4. The smallest absolute Gasteiger partial charge is 0.255 e. The Hall–Kier alpha value is -1.83. The predicted octanol–water partition coefficient (Wildman–Crippen LogP) is 2.96. The number of nitrogens with zero attached hydrogens (tertiary/aromatic N) is 2. The molecule has 0 radical (unpaired) electrons. The lowest BCUT2D eigenvalue weighted by Crippen LogP contribution is -2.53. The van der Waals surface area contributed by atoms with Gasteiger partial charge in [-0.05, 0) is 43.9 Å². The van der Waals surface area contributed by atoms with Crippen molar-refractivity contribution >= 4 is 23.4 Å². The Morgan fingerprint density at radius 3 is 2.72 bits per heavy atom. The monoisotopic (exact) mass is 463 g/mol. The summed E-state index contributed by atoms with van der Waals surface area (Å²) in [6.07, 6.45) is 6.07. The molecule has 1 aromatic rings. The average Bonchev–Trinajstić information content (AvgIpc) is 2.81. The molecule has 1 unspecified atom stereocenters. The second-order valence-corrected chi connectivity index (χ2v) is 9.73. The first kappa shape index (κ1) is 23.3. The standard InChI is InChI=1S/C24H34ClN3O4/c25-19-5-6-21-20(15-19)23(30)26-17-24(7-2-1-3-12-32-21)8-4-9-28(18-24)22(29)16-27-10-13-31-14-11-27/h5-6,15H,1-4,7-14,16-18H2,(H,26,30). The van der Waals surface area contributed by atoms with E-state index in [-0.39, 0.29) is 17.2 Å². The fraction of sp³-hybridized carbons (Fsp3) is 0.667. The fourth-order valence-electron chi connectivity index (χ4n) is 5.04. The number of likely N-dealkylation sites (tertiary alicyclic amines) is 1. The molecule has 3 aliphatic rings. The van der Waals surface area contributed by atoms with Crippen molar-refractivity contribution in [3.8, 4) is 5.75 Å². The molecule has 4 rings (SSSR count). The molecule has 2 fully saturated rings. The van der Waals surface area contributed by atoms with Crippen molar-refractivity contribution in [1.29, 1.82) is 0 Å². The Labute approximate surface area is 195 Å². The van der Waals surface area contributed by atoms with Gasteiger partial charge in [0.1, 0.15) is 5.75 Å². The van der Waals surface area contributed by atoms with E-state index in [1.54, 1.807) is 18.2 Å². The minimum Gasteiger partial charge on any atom is -0.493 e. The van der Waals surface area contributed by atoms with Crippen LogP contribution in [0.2, 0.25) is 5.02 Å². The topological polar surface area (TPSA) is 71.1 Å². The van der Waals surface area contributed by atoms with Crippen molar-refractivity contribution in [2.45, 2.75) is 38.5 Å². The largest absolute Gasteiger partial charge is 0.493 e. The number of nitrogens with one attached hydrogen (secondary N) is 1. The minimum atomic E-state index is -0.167. The van der Waals surface area contributed by atoms with Gasteiger partial charge < -0.3 is 19.7 Å². The zero-order valence-corrected chi connectivity index (χ0v) is 19.5. The highest BCUT2D eigenvalue weighted by molar-refractivity contribution is 6.31. The predicted molar refractivity (Wildman–Crippen MR) is 123 cm³/mol. The first-order valence-electron chi connectivity index (χ1n) is 11.8. The van der Waals surface area contributed by atoms with Crippen molar-refractivity contribution in [2.75, 3.05) is 59.1 Å². The van der Waals surface area contributed by atoms with Gasteiger partial charge in [-0.1, -0.05) is 24.4 Å². The first-order chi connectivity index (χ1) is 15.5. The Morgan fingerprint density at radius 2 is 1.88 bits per heavy atom. The van der Waals surface area contributed by atoms with Crippen molar-refractivity contribution in [1.82, 2.24) is 15.1 Å². The molecule has 1 spiro atoms. The van der Waals surface area contributed by atoms with E-state index >= 15 is 0 Å². The number of halogens is 1. The maximum atomic E-state index is 13.1. The lowest BCUT2D eigenvalue weighted by molar-refractivity contribution is -0.137. The zero-order valence-electron chi connectivity index (χ0n) is 18.7. The van der Waals surface area contributed by atoms with Crippen LogP contribution < -0.4 is 10.1 Å². The van der Waals surface area contributed by atoms with Crippen LogP contribution in [0, 0.1) is 5.41 Å². The second-order valence-electron chi connectivity index (χ2n) is 9.29. The van der Waals surface area contributed by atoms with Crippen LogP contribution in [0.1, 0.15) is 48.9 Å². The van der Waals surface area contributed by atoms with Gasteiger partial charge in [0.15, 0.2) is 0 Å². The SMILES string of the molecule is O=C1NCC2(CCCCCOc3ccc(Cl)cc31)CCCN(C(=O)CN1CCOCC1)C2. The van der Waals surface area contributed by atoms with Gasteiger partial charge in [0, 0.05) is 43.2 Å². The summed E-state index contributed by atoms with van der Waals surface area (Å²) in [5.41, 5.74) is 0.386. The van der Waals surface area contributed by atoms with Crippen LogP contribution in [-0.4, -0.2) is 80.7 Å². The maximum Gasteiger partial charge on any atom is 0.255 e. The molecule has 1 N–H and O–H groups in total. The number of hydrogen-bond donors (Lipinski definition) is 1. The van der Waals surface area contributed by atoms with Gasteiger partial charge in [0.05, 0.1) is 31.9 Å². The lowest BCUT2D eigenvalue weighted by Gasteiger charge is -2.44. The van der Waals surface area contributed by atoms with Crippen LogP contribution >= 0.6 is 11.6 Å². The Bertz CT molecular complexity index is 814. The summed E-state index contributed by atoms with van der Waals surface area (Å²) in [4.78, 5) is 30.3. The lowest BCUT2D eigenvalue weighted by atomic mass is 9.75. The van der Waals surface area contributed by atoms with E-state index in [4.69, 9.17) is 21.1 Å². The number of rotatable bonds is 2. The van der Waals surface area contributed by atoms with Crippen LogP contribution in [0.4, 0.5) is 0 Å². The highest BCUT2D eigenvalue weighted by Gasteiger charge is 2.37. The van der Waals surface area contributed by atoms with Crippen molar-refractivity contribution in [3.05, 3.63) is 28.8 Å². The average molecular weight is 464 g/mol. The molecule has 7 nitrogen and oxygen atoms in total. The Morgan fingerprint density at radius 1 is 1.06 bits per heavy atom. The third-order valence-electron chi connectivity index (χ3n) is 6.90. The Balaban J connectivity index is 1.46. The van der Waals surface area contributed by atoms with Gasteiger partial charge in [-0.2, -0.15) is 0 Å². The van der Waals surface area contributed by atoms with Gasteiger partial charge in [0.2, 0.25) is 5.91 Å². The fourth-order valence-corrected chi connectivity index (χ4v) is 5.21. The minimum absolute atomic E-state index is 0.0899. The molecule has 1 aromatic carbocycles. The molecule has 3 heterocycles. The molecule has 0 bridgehead atoms. The molecule has 8 heteroatoms. The highest BCUT2D eigenvalue weighted by Crippen LogP contribution is 2.36. The van der Waals surface area contributed by atoms with Crippen LogP contribution in [0.5, 0.6) is 5.75 Å². The quantitative estimate of drug-likeness (QED) is 0.730. The molecule has 176 valence electrons. The van der Waals surface area contributed by atoms with Crippen LogP contribution in [0.25, 0.3) is 0 Å². The molecule has 1 atom stereocenters. The maximum absolute atomic E-state index is 13.1. The van der Waals surface area contributed by atoms with Gasteiger partial charge in [-0.25, -0.2) is 0 Å². The van der Waals surface area contributed by atoms with Gasteiger partial charge in [-0.15, -0.1) is 0 Å². The number of morpholine rings is 1. The Kier molecular flexibility index (Phi) is 7.92. The number of carbonyl (C=O) groups is 2. The molecule has 0 saturated carbocycles. The molecule has 32 heavy (non-hydrogen) atoms. The summed E-state index contributed by atoms with van der Waals surface area (Å²) in [7, 11) is 0. The van der Waals surface area contributed by atoms with Crippen LogP contribution in [0.15, 0.2) is 18.2 Å². The first-order valence-corrected chi connectivity index (χ1v) is 12.2. The summed E-state index contributed by atoms with van der Waals surface area (Å²) in [5.74, 6) is 0.598. The summed E-state index contributed by atoms with van der Waals surface area (Å²) in [5, 5.41) is 3.66. The van der Waals surface area contributed by atoms with Gasteiger partial charge in [-0.3, -0.25) is 14.5 Å². The third kappa shape index (κ3) is 5.94. The molecule has 0 aromatic heterocycles. The van der Waals surface area contributed by atoms with E-state index in [9.17, 15) is 9.59 Å². The summed E-state index contributed by atoms with van der Waals surface area (Å²) in [6, 6.07) is 5.19. The normalized spacial score (nSPS) is 25.8. The van der Waals surface area contributed by atoms with E-state index in [2.05, 4.69) is 10.2 Å². The van der Waals surface area contributed by atoms with Crippen molar-refractivity contribution < 1.29 is 19.1 Å². The summed E-state index contributed by atoms with van der Waals surface area (Å²) >= 11 is 6.15. The summed E-state index contributed by atoms with van der Waals surface area (Å²) < 4.78 is 11.3. The van der Waals surface area contributed by atoms with E-state index in [0.29, 0.717) is 55.8 Å². The number of fused-ring (bicyclic) bond motifs is 1. The van der Waals surface area contributed by atoms with Gasteiger partial charge >= 0.3 is 0 Å². The molecule has 0 aliphatic carbocycles. The summed E-state index contributed by atoms with van der Waals surface area (Å²) in [6.45, 7) is 6.10. The molecule has 3 aliphatic heterocycles. The number of piperidine rings is 1. The van der Waals surface area contributed by atoms with Crippen molar-refractivity contribution in [3.63, 3.8) is 0 Å². The number of benzene rings is 1. The molecular weight excluding hydrogens is 430 g/mol. The number of hydrogen-bond acceptors (Lipinski definition) is 5. The van der Waals surface area contributed by atoms with Gasteiger partial charge in [0.25, 0.3) is 5.91 Å². The second kappa shape index (κ2) is 10.9. The van der Waals surface area contributed by atoms with Crippen LogP contribution in [-0.2, 0) is 9.53 Å². The van der Waals surface area contributed by atoms with E-state index < -0.39 is 0 Å².